The molecule has 0 unspecified atom stereocenters. The minimum absolute atomic E-state index is 0.0170. The Kier molecular flexibility index (Phi) is 6.18. The summed E-state index contributed by atoms with van der Waals surface area (Å²) in [4.78, 5) is 49.0. The van der Waals surface area contributed by atoms with Crippen LogP contribution in [0.4, 0.5) is 16.2 Å². The number of imide groups is 2. The van der Waals surface area contributed by atoms with Crippen LogP contribution in [0.25, 0.3) is 6.08 Å². The van der Waals surface area contributed by atoms with Crippen LogP contribution in [0.2, 0.25) is 0 Å². The molecule has 4 rings (SSSR count). The highest BCUT2D eigenvalue weighted by atomic mass is 16.6. The van der Waals surface area contributed by atoms with E-state index in [0.29, 0.717) is 22.6 Å². The standard InChI is InChI=1S/C25H19N3O6/c1-16-4-2-6-19(12-16)27-24(30)22(23(29)26-25(27)31)14-17-8-10-21(11-9-17)34-15-18-5-3-7-20(13-18)28(32)33/h2-14H,15H2,1H3,(H,26,29,31)/b22-14+. The molecule has 1 fully saturated rings. The molecule has 4 amide bonds. The molecule has 9 heteroatoms. The summed E-state index contributed by atoms with van der Waals surface area (Å²) in [5, 5.41) is 13.1. The molecule has 0 bridgehead atoms. The summed E-state index contributed by atoms with van der Waals surface area (Å²) in [7, 11) is 0. The molecule has 0 aliphatic carbocycles. The number of hydrogen-bond donors (Lipinski definition) is 1. The fourth-order valence-corrected chi connectivity index (χ4v) is 3.41. The molecule has 0 radical (unpaired) electrons. The van der Waals surface area contributed by atoms with Crippen LogP contribution in [-0.4, -0.2) is 22.8 Å². The summed E-state index contributed by atoms with van der Waals surface area (Å²) in [6, 6.07) is 18.8. The summed E-state index contributed by atoms with van der Waals surface area (Å²) >= 11 is 0. The van der Waals surface area contributed by atoms with Gasteiger partial charge in [0.2, 0.25) is 0 Å². The summed E-state index contributed by atoms with van der Waals surface area (Å²) in [5.74, 6) is -0.986. The van der Waals surface area contributed by atoms with Gasteiger partial charge in [0.1, 0.15) is 17.9 Å². The molecule has 170 valence electrons. The Labute approximate surface area is 194 Å². The Morgan fingerprint density at radius 2 is 1.74 bits per heavy atom. The monoisotopic (exact) mass is 457 g/mol. The normalized spacial score (nSPS) is 14.8. The van der Waals surface area contributed by atoms with Gasteiger partial charge in [-0.15, -0.1) is 0 Å². The van der Waals surface area contributed by atoms with Crippen LogP contribution in [0, 0.1) is 17.0 Å². The SMILES string of the molecule is Cc1cccc(N2C(=O)NC(=O)/C(=C\c3ccc(OCc4cccc([N+](=O)[O-])c4)cc3)C2=O)c1. The Balaban J connectivity index is 1.50. The molecule has 0 atom stereocenters. The smallest absolute Gasteiger partial charge is 0.335 e. The zero-order chi connectivity index (χ0) is 24.2. The van der Waals surface area contributed by atoms with Crippen LogP contribution in [0.1, 0.15) is 16.7 Å². The summed E-state index contributed by atoms with van der Waals surface area (Å²) in [5.41, 5.74) is 2.24. The molecule has 3 aromatic rings. The summed E-state index contributed by atoms with van der Waals surface area (Å²) in [6.07, 6.45) is 1.40. The lowest BCUT2D eigenvalue weighted by atomic mass is 10.1. The Bertz CT molecular complexity index is 1330. The highest BCUT2D eigenvalue weighted by Crippen LogP contribution is 2.24. The maximum atomic E-state index is 13.0. The maximum absolute atomic E-state index is 13.0. The van der Waals surface area contributed by atoms with Crippen LogP contribution in [0.3, 0.4) is 0 Å². The molecule has 0 aromatic heterocycles. The van der Waals surface area contributed by atoms with E-state index in [1.54, 1.807) is 54.6 Å². The number of ether oxygens (including phenoxy) is 1. The van der Waals surface area contributed by atoms with Crippen LogP contribution in [-0.2, 0) is 16.2 Å². The molecule has 1 aliphatic heterocycles. The number of anilines is 1. The minimum Gasteiger partial charge on any atom is -0.489 e. The van der Waals surface area contributed by atoms with Gasteiger partial charge < -0.3 is 4.74 Å². The quantitative estimate of drug-likeness (QED) is 0.257. The number of non-ortho nitro benzene ring substituents is 1. The van der Waals surface area contributed by atoms with E-state index in [4.69, 9.17) is 4.74 Å². The first-order valence-electron chi connectivity index (χ1n) is 10.3. The van der Waals surface area contributed by atoms with Gasteiger partial charge in [-0.1, -0.05) is 36.4 Å². The number of aryl methyl sites for hydroxylation is 1. The third kappa shape index (κ3) is 4.83. The Hall–Kier alpha value is -4.79. The number of nitrogens with zero attached hydrogens (tertiary/aromatic N) is 2. The molecule has 0 saturated carbocycles. The number of nitro benzene ring substituents is 1. The predicted molar refractivity (Wildman–Crippen MR) is 124 cm³/mol. The van der Waals surface area contributed by atoms with Crippen molar-refractivity contribution in [1.82, 2.24) is 5.32 Å². The van der Waals surface area contributed by atoms with Crippen molar-refractivity contribution >= 4 is 35.3 Å². The maximum Gasteiger partial charge on any atom is 0.335 e. The van der Waals surface area contributed by atoms with E-state index in [9.17, 15) is 24.5 Å². The summed E-state index contributed by atoms with van der Waals surface area (Å²) in [6.45, 7) is 1.97. The zero-order valence-electron chi connectivity index (χ0n) is 18.1. The van der Waals surface area contributed by atoms with E-state index in [-0.39, 0.29) is 17.9 Å². The van der Waals surface area contributed by atoms with Crippen molar-refractivity contribution < 1.29 is 24.0 Å². The molecule has 1 N–H and O–H groups in total. The molecule has 34 heavy (non-hydrogen) atoms. The molecule has 1 saturated heterocycles. The lowest BCUT2D eigenvalue weighted by Crippen LogP contribution is -2.54. The molecule has 0 spiro atoms. The first-order valence-corrected chi connectivity index (χ1v) is 10.3. The van der Waals surface area contributed by atoms with Crippen LogP contribution in [0.15, 0.2) is 78.4 Å². The van der Waals surface area contributed by atoms with E-state index >= 15 is 0 Å². The zero-order valence-corrected chi connectivity index (χ0v) is 18.1. The lowest BCUT2D eigenvalue weighted by Gasteiger charge is -2.26. The van der Waals surface area contributed by atoms with Gasteiger partial charge in [-0.3, -0.25) is 25.0 Å². The third-order valence-corrected chi connectivity index (χ3v) is 5.08. The second-order valence-corrected chi connectivity index (χ2v) is 7.58. The minimum atomic E-state index is -0.803. The number of nitrogens with one attached hydrogen (secondary N) is 1. The second kappa shape index (κ2) is 9.37. The second-order valence-electron chi connectivity index (χ2n) is 7.58. The van der Waals surface area contributed by atoms with Crippen molar-refractivity contribution in [2.24, 2.45) is 0 Å². The van der Waals surface area contributed by atoms with Crippen molar-refractivity contribution in [3.63, 3.8) is 0 Å². The van der Waals surface area contributed by atoms with Crippen molar-refractivity contribution in [2.45, 2.75) is 13.5 Å². The topological polar surface area (TPSA) is 119 Å². The van der Waals surface area contributed by atoms with Gasteiger partial charge in [-0.25, -0.2) is 9.69 Å². The number of hydrogen-bond acceptors (Lipinski definition) is 6. The molecule has 1 heterocycles. The first kappa shape index (κ1) is 22.4. The number of barbiturate groups is 1. The van der Waals surface area contributed by atoms with Gasteiger partial charge in [0.25, 0.3) is 17.5 Å². The van der Waals surface area contributed by atoms with Gasteiger partial charge >= 0.3 is 6.03 Å². The van der Waals surface area contributed by atoms with Crippen molar-refractivity contribution in [3.8, 4) is 5.75 Å². The van der Waals surface area contributed by atoms with Crippen molar-refractivity contribution in [3.05, 3.63) is 105 Å². The lowest BCUT2D eigenvalue weighted by molar-refractivity contribution is -0.384. The largest absolute Gasteiger partial charge is 0.489 e. The van der Waals surface area contributed by atoms with Gasteiger partial charge in [0.05, 0.1) is 10.6 Å². The van der Waals surface area contributed by atoms with E-state index in [0.717, 1.165) is 10.5 Å². The van der Waals surface area contributed by atoms with Gasteiger partial charge in [-0.2, -0.15) is 0 Å². The van der Waals surface area contributed by atoms with Crippen LogP contribution < -0.4 is 15.0 Å². The number of amides is 4. The number of carbonyl (C=O) groups excluding carboxylic acids is 3. The number of carbonyl (C=O) groups is 3. The molecular weight excluding hydrogens is 438 g/mol. The van der Waals surface area contributed by atoms with E-state index in [1.165, 1.54) is 18.2 Å². The highest BCUT2D eigenvalue weighted by molar-refractivity contribution is 6.39. The molecule has 3 aromatic carbocycles. The number of benzene rings is 3. The molecular formula is C25H19N3O6. The fraction of sp³-hybridized carbons (Fsp3) is 0.0800. The first-order chi connectivity index (χ1) is 16.3. The Morgan fingerprint density at radius 3 is 2.44 bits per heavy atom. The number of nitro groups is 1. The van der Waals surface area contributed by atoms with E-state index in [2.05, 4.69) is 5.32 Å². The van der Waals surface area contributed by atoms with E-state index in [1.807, 2.05) is 13.0 Å². The fourth-order valence-electron chi connectivity index (χ4n) is 3.41. The average molecular weight is 457 g/mol. The summed E-state index contributed by atoms with van der Waals surface area (Å²) < 4.78 is 5.67. The average Bonchev–Trinajstić information content (AvgIpc) is 2.81. The van der Waals surface area contributed by atoms with Crippen molar-refractivity contribution in [1.29, 1.82) is 0 Å². The van der Waals surface area contributed by atoms with Crippen LogP contribution in [0.5, 0.6) is 5.75 Å². The number of rotatable bonds is 6. The molecule has 9 nitrogen and oxygen atoms in total. The molecule has 1 aliphatic rings. The van der Waals surface area contributed by atoms with Gasteiger partial charge in [-0.05, 0) is 54.0 Å². The van der Waals surface area contributed by atoms with Gasteiger partial charge in [0.15, 0.2) is 0 Å². The van der Waals surface area contributed by atoms with Crippen molar-refractivity contribution in [2.75, 3.05) is 4.90 Å². The van der Waals surface area contributed by atoms with Gasteiger partial charge in [0, 0.05) is 12.1 Å². The highest BCUT2D eigenvalue weighted by Gasteiger charge is 2.36. The van der Waals surface area contributed by atoms with Crippen LogP contribution >= 0.6 is 0 Å². The number of urea groups is 1. The predicted octanol–water partition coefficient (Wildman–Crippen LogP) is 4.15. The third-order valence-electron chi connectivity index (χ3n) is 5.08. The van der Waals surface area contributed by atoms with E-state index < -0.39 is 22.8 Å². The Morgan fingerprint density at radius 1 is 1.00 bits per heavy atom.